The summed E-state index contributed by atoms with van der Waals surface area (Å²) in [5.74, 6) is -1.27. The molecule has 1 N–H and O–H groups in total. The minimum atomic E-state index is -2.26. The second kappa shape index (κ2) is 6.60. The van der Waals surface area contributed by atoms with Crippen molar-refractivity contribution in [1.82, 2.24) is 0 Å². The van der Waals surface area contributed by atoms with E-state index in [1.807, 2.05) is 0 Å². The highest BCUT2D eigenvalue weighted by Crippen LogP contribution is 2.30. The Morgan fingerprint density at radius 3 is 1.29 bits per heavy atom. The van der Waals surface area contributed by atoms with Crippen LogP contribution in [0.2, 0.25) is 0 Å². The smallest absolute Gasteiger partial charge is 0.216 e. The predicted molar refractivity (Wildman–Crippen MR) is 91.9 cm³/mol. The van der Waals surface area contributed by atoms with Gasteiger partial charge >= 0.3 is 0 Å². The van der Waals surface area contributed by atoms with Crippen LogP contribution < -0.4 is 0 Å². The third-order valence-electron chi connectivity index (χ3n) is 3.92. The van der Waals surface area contributed by atoms with E-state index in [9.17, 15) is 14.7 Å². The molecule has 3 aromatic carbocycles. The van der Waals surface area contributed by atoms with E-state index in [1.165, 1.54) is 0 Å². The Hall–Kier alpha value is -3.04. The first-order chi connectivity index (χ1) is 11.6. The Labute approximate surface area is 140 Å². The van der Waals surface area contributed by atoms with Gasteiger partial charge in [0.2, 0.25) is 17.2 Å². The van der Waals surface area contributed by atoms with Crippen molar-refractivity contribution in [2.75, 3.05) is 0 Å². The first kappa shape index (κ1) is 15.8. The van der Waals surface area contributed by atoms with Crippen LogP contribution in [0.3, 0.4) is 0 Å². The molecule has 0 aliphatic rings. The molecule has 0 spiro atoms. The number of ketones is 2. The molecule has 0 bridgehead atoms. The Morgan fingerprint density at radius 2 is 0.917 bits per heavy atom. The Kier molecular flexibility index (Phi) is 4.36. The summed E-state index contributed by atoms with van der Waals surface area (Å²) in [6.07, 6.45) is 0. The van der Waals surface area contributed by atoms with Crippen LogP contribution in [0.25, 0.3) is 0 Å². The zero-order valence-electron chi connectivity index (χ0n) is 12.9. The maximum absolute atomic E-state index is 13.0. The molecule has 0 aliphatic heterocycles. The van der Waals surface area contributed by atoms with Crippen LogP contribution in [0.4, 0.5) is 0 Å². The number of hydrogen-bond donors (Lipinski definition) is 1. The van der Waals surface area contributed by atoms with Crippen LogP contribution in [0.15, 0.2) is 91.0 Å². The molecule has 0 aliphatic carbocycles. The maximum atomic E-state index is 13.0. The molecule has 3 nitrogen and oxygen atoms in total. The number of carbonyl (C=O) groups is 2. The minimum Gasteiger partial charge on any atom is -0.370 e. The first-order valence-electron chi connectivity index (χ1n) is 7.61. The Morgan fingerprint density at radius 1 is 0.583 bits per heavy atom. The molecular weight excluding hydrogens is 300 g/mol. The van der Waals surface area contributed by atoms with Crippen LogP contribution in [0.5, 0.6) is 0 Å². The molecular formula is C21H16O3. The van der Waals surface area contributed by atoms with Gasteiger partial charge in [0.15, 0.2) is 0 Å². The highest BCUT2D eigenvalue weighted by molar-refractivity contribution is 6.22. The predicted octanol–water partition coefficient (Wildman–Crippen LogP) is 3.64. The Balaban J connectivity index is 2.15. The minimum absolute atomic E-state index is 0.257. The standard InChI is InChI=1S/C21H16O3/c22-19(16-10-4-1-5-11-16)21(24,18-14-8-3-9-15-18)20(23)17-12-6-2-7-13-17/h1-15,24H. The fourth-order valence-electron chi connectivity index (χ4n) is 2.64. The van der Waals surface area contributed by atoms with Crippen molar-refractivity contribution in [1.29, 1.82) is 0 Å². The van der Waals surface area contributed by atoms with Gasteiger partial charge < -0.3 is 5.11 Å². The molecule has 24 heavy (non-hydrogen) atoms. The Bertz CT molecular complexity index is 789. The van der Waals surface area contributed by atoms with E-state index in [0.29, 0.717) is 0 Å². The molecule has 3 aromatic rings. The number of carbonyl (C=O) groups excluding carboxylic acids is 2. The van der Waals surface area contributed by atoms with Crippen molar-refractivity contribution in [3.63, 3.8) is 0 Å². The van der Waals surface area contributed by atoms with Crippen molar-refractivity contribution in [3.05, 3.63) is 108 Å². The van der Waals surface area contributed by atoms with Gasteiger partial charge in [-0.05, 0) is 5.56 Å². The molecule has 0 radical (unpaired) electrons. The van der Waals surface area contributed by atoms with E-state index in [-0.39, 0.29) is 16.7 Å². The van der Waals surface area contributed by atoms with Crippen LogP contribution in [-0.4, -0.2) is 16.7 Å². The highest BCUT2D eigenvalue weighted by atomic mass is 16.3. The van der Waals surface area contributed by atoms with Crippen LogP contribution in [-0.2, 0) is 5.60 Å². The van der Waals surface area contributed by atoms with Crippen molar-refractivity contribution in [2.24, 2.45) is 0 Å². The number of aliphatic hydroxyl groups is 1. The van der Waals surface area contributed by atoms with Gasteiger partial charge in [-0.3, -0.25) is 9.59 Å². The molecule has 0 atom stereocenters. The second-order valence-electron chi connectivity index (χ2n) is 5.47. The van der Waals surface area contributed by atoms with E-state index < -0.39 is 17.2 Å². The first-order valence-corrected chi connectivity index (χ1v) is 7.61. The SMILES string of the molecule is O=C(c1ccccc1)C(O)(C(=O)c1ccccc1)c1ccccc1. The average Bonchev–Trinajstić information content (AvgIpc) is 2.68. The van der Waals surface area contributed by atoms with E-state index in [1.54, 1.807) is 91.0 Å². The quantitative estimate of drug-likeness (QED) is 0.577. The van der Waals surface area contributed by atoms with Gasteiger partial charge in [-0.15, -0.1) is 0 Å². The zero-order chi connectivity index (χ0) is 17.0. The van der Waals surface area contributed by atoms with Gasteiger partial charge in [0.05, 0.1) is 0 Å². The summed E-state index contributed by atoms with van der Waals surface area (Å²) >= 11 is 0. The van der Waals surface area contributed by atoms with E-state index >= 15 is 0 Å². The highest BCUT2D eigenvalue weighted by Gasteiger charge is 2.46. The summed E-state index contributed by atoms with van der Waals surface area (Å²) in [7, 11) is 0. The second-order valence-corrected chi connectivity index (χ2v) is 5.47. The fourth-order valence-corrected chi connectivity index (χ4v) is 2.64. The molecule has 0 saturated carbocycles. The summed E-state index contributed by atoms with van der Waals surface area (Å²) in [6.45, 7) is 0. The third-order valence-corrected chi connectivity index (χ3v) is 3.92. The van der Waals surface area contributed by atoms with E-state index in [2.05, 4.69) is 0 Å². The summed E-state index contributed by atoms with van der Waals surface area (Å²) in [5, 5.41) is 11.2. The van der Waals surface area contributed by atoms with Crippen molar-refractivity contribution >= 4 is 11.6 Å². The zero-order valence-corrected chi connectivity index (χ0v) is 12.9. The molecule has 0 aromatic heterocycles. The largest absolute Gasteiger partial charge is 0.370 e. The molecule has 0 saturated heterocycles. The lowest BCUT2D eigenvalue weighted by Crippen LogP contribution is -2.44. The normalized spacial score (nSPS) is 11.0. The lowest BCUT2D eigenvalue weighted by molar-refractivity contribution is 0.0281. The number of benzene rings is 3. The van der Waals surface area contributed by atoms with Gasteiger partial charge in [-0.2, -0.15) is 0 Å². The topological polar surface area (TPSA) is 54.4 Å². The number of hydrogen-bond acceptors (Lipinski definition) is 3. The van der Waals surface area contributed by atoms with Gasteiger partial charge in [0.25, 0.3) is 0 Å². The van der Waals surface area contributed by atoms with Crippen LogP contribution in [0.1, 0.15) is 26.3 Å². The lowest BCUT2D eigenvalue weighted by Gasteiger charge is -2.26. The van der Waals surface area contributed by atoms with Crippen molar-refractivity contribution < 1.29 is 14.7 Å². The summed E-state index contributed by atoms with van der Waals surface area (Å²) in [4.78, 5) is 26.0. The molecule has 0 fully saturated rings. The monoisotopic (exact) mass is 316 g/mol. The third kappa shape index (κ3) is 2.77. The molecule has 0 heterocycles. The van der Waals surface area contributed by atoms with E-state index in [0.717, 1.165) is 0 Å². The van der Waals surface area contributed by atoms with Crippen molar-refractivity contribution in [2.45, 2.75) is 5.60 Å². The van der Waals surface area contributed by atoms with Gasteiger partial charge in [-0.25, -0.2) is 0 Å². The van der Waals surface area contributed by atoms with Gasteiger partial charge in [0.1, 0.15) is 0 Å². The molecule has 118 valence electrons. The van der Waals surface area contributed by atoms with Crippen LogP contribution in [0, 0.1) is 0 Å². The van der Waals surface area contributed by atoms with Gasteiger partial charge in [-0.1, -0.05) is 91.0 Å². The number of rotatable bonds is 5. The van der Waals surface area contributed by atoms with Crippen molar-refractivity contribution in [3.8, 4) is 0 Å². The van der Waals surface area contributed by atoms with E-state index in [4.69, 9.17) is 0 Å². The molecule has 3 heteroatoms. The summed E-state index contributed by atoms with van der Waals surface area (Å²) in [6, 6.07) is 25.0. The summed E-state index contributed by atoms with van der Waals surface area (Å²) < 4.78 is 0. The lowest BCUT2D eigenvalue weighted by atomic mass is 9.80. The molecule has 0 amide bonds. The molecule has 0 unspecified atom stereocenters. The van der Waals surface area contributed by atoms with Gasteiger partial charge in [0, 0.05) is 11.1 Å². The summed E-state index contributed by atoms with van der Waals surface area (Å²) in [5.41, 5.74) is -1.43. The molecule has 3 rings (SSSR count). The maximum Gasteiger partial charge on any atom is 0.216 e. The number of Topliss-reactive ketones (excluding diaryl/α,β-unsaturated/α-hetero) is 2. The van der Waals surface area contributed by atoms with Crippen LogP contribution >= 0.6 is 0 Å². The average molecular weight is 316 g/mol. The fraction of sp³-hybridized carbons (Fsp3) is 0.0476.